The molecule has 3 nitrogen and oxygen atoms in total. The third kappa shape index (κ3) is 5.23. The molecular weight excluding hydrogens is 444 g/mol. The van der Waals surface area contributed by atoms with E-state index in [4.69, 9.17) is 0 Å². The van der Waals surface area contributed by atoms with Gasteiger partial charge in [0, 0.05) is 22.6 Å². The first-order chi connectivity index (χ1) is 13.0. The van der Waals surface area contributed by atoms with E-state index >= 15 is 0 Å². The third-order valence-corrected chi connectivity index (χ3v) is 6.33. The lowest BCUT2D eigenvalue weighted by Gasteiger charge is -2.13. The third-order valence-electron chi connectivity index (χ3n) is 3.54. The van der Waals surface area contributed by atoms with Crippen molar-refractivity contribution in [1.82, 2.24) is 15.2 Å². The molecule has 0 aliphatic rings. The van der Waals surface area contributed by atoms with Gasteiger partial charge in [0.1, 0.15) is 10.5 Å². The molecule has 0 saturated heterocycles. The van der Waals surface area contributed by atoms with Gasteiger partial charge in [-0.3, -0.25) is 0 Å². The van der Waals surface area contributed by atoms with Crippen LogP contribution in [0.3, 0.4) is 0 Å². The van der Waals surface area contributed by atoms with E-state index in [-0.39, 0.29) is 22.6 Å². The highest BCUT2D eigenvalue weighted by atomic mass is 32.2. The van der Waals surface area contributed by atoms with Crippen LogP contribution in [-0.4, -0.2) is 20.4 Å². The molecule has 12 heteroatoms. The van der Waals surface area contributed by atoms with E-state index in [1.165, 1.54) is 39.8 Å². The summed E-state index contributed by atoms with van der Waals surface area (Å²) in [5.74, 6) is 0. The summed E-state index contributed by atoms with van der Waals surface area (Å²) < 4.78 is 78.6. The number of aromatic nitrogens is 3. The molecule has 2 aromatic heterocycles. The Hall–Kier alpha value is -1.66. The maximum atomic E-state index is 13.0. The second kappa shape index (κ2) is 7.99. The molecule has 0 spiro atoms. The SMILES string of the molecule is CC(Cc1nncs1)Sc1nc(-c2cc(C(F)(F)F)cc(C(F)(F)F)c2)cs1. The topological polar surface area (TPSA) is 38.7 Å². The number of thioether (sulfide) groups is 1. The highest BCUT2D eigenvalue weighted by molar-refractivity contribution is 8.01. The Morgan fingerprint density at radius 2 is 1.64 bits per heavy atom. The average Bonchev–Trinajstić information content (AvgIpc) is 3.25. The van der Waals surface area contributed by atoms with Crippen molar-refractivity contribution in [3.8, 4) is 11.3 Å². The van der Waals surface area contributed by atoms with Crippen LogP contribution >= 0.6 is 34.4 Å². The monoisotopic (exact) mass is 455 g/mol. The molecule has 2 heterocycles. The van der Waals surface area contributed by atoms with Crippen molar-refractivity contribution in [3.63, 3.8) is 0 Å². The molecule has 1 atom stereocenters. The van der Waals surface area contributed by atoms with Gasteiger partial charge >= 0.3 is 12.4 Å². The molecule has 3 aromatic rings. The van der Waals surface area contributed by atoms with Crippen molar-refractivity contribution in [2.24, 2.45) is 0 Å². The first-order valence-electron chi connectivity index (χ1n) is 7.69. The zero-order valence-corrected chi connectivity index (χ0v) is 16.5. The summed E-state index contributed by atoms with van der Waals surface area (Å²) in [5.41, 5.74) is -1.25. The molecule has 0 N–H and O–H groups in total. The number of benzene rings is 1. The van der Waals surface area contributed by atoms with Crippen LogP contribution in [0.4, 0.5) is 26.3 Å². The molecule has 28 heavy (non-hydrogen) atoms. The Balaban J connectivity index is 1.85. The molecule has 0 aliphatic heterocycles. The van der Waals surface area contributed by atoms with Crippen LogP contribution in [0.1, 0.15) is 23.1 Å². The van der Waals surface area contributed by atoms with Gasteiger partial charge in [0.25, 0.3) is 0 Å². The van der Waals surface area contributed by atoms with Crippen LogP contribution in [0.25, 0.3) is 11.3 Å². The smallest absolute Gasteiger partial charge is 0.230 e. The predicted octanol–water partition coefficient (Wildman–Crippen LogP) is 6.42. The Labute approximate surface area is 167 Å². The molecule has 0 saturated carbocycles. The normalized spacial score (nSPS) is 13.7. The second-order valence-electron chi connectivity index (χ2n) is 5.76. The highest BCUT2D eigenvalue weighted by Gasteiger charge is 2.37. The number of alkyl halides is 6. The molecule has 0 bridgehead atoms. The Bertz CT molecular complexity index is 902. The lowest BCUT2D eigenvalue weighted by atomic mass is 10.0. The summed E-state index contributed by atoms with van der Waals surface area (Å²) in [5, 5.41) is 10.0. The number of hydrogen-bond donors (Lipinski definition) is 0. The highest BCUT2D eigenvalue weighted by Crippen LogP contribution is 2.39. The fraction of sp³-hybridized carbons (Fsp3) is 0.312. The van der Waals surface area contributed by atoms with Crippen molar-refractivity contribution in [2.75, 3.05) is 0 Å². The van der Waals surface area contributed by atoms with Gasteiger partial charge < -0.3 is 0 Å². The zero-order chi connectivity index (χ0) is 20.5. The molecule has 0 amide bonds. The summed E-state index contributed by atoms with van der Waals surface area (Å²) in [7, 11) is 0. The summed E-state index contributed by atoms with van der Waals surface area (Å²) >= 11 is 3.95. The Morgan fingerprint density at radius 1 is 1.00 bits per heavy atom. The van der Waals surface area contributed by atoms with Gasteiger partial charge in [-0.2, -0.15) is 26.3 Å². The molecule has 150 valence electrons. The molecule has 0 radical (unpaired) electrons. The quantitative estimate of drug-likeness (QED) is 0.329. The van der Waals surface area contributed by atoms with Gasteiger partial charge in [-0.05, 0) is 18.2 Å². The van der Waals surface area contributed by atoms with Gasteiger partial charge in [0.15, 0.2) is 4.34 Å². The number of rotatable bonds is 5. The van der Waals surface area contributed by atoms with Gasteiger partial charge in [-0.25, -0.2) is 4.98 Å². The molecule has 1 aromatic carbocycles. The van der Waals surface area contributed by atoms with E-state index in [0.717, 1.165) is 5.01 Å². The van der Waals surface area contributed by atoms with E-state index in [0.29, 0.717) is 22.9 Å². The largest absolute Gasteiger partial charge is 0.416 e. The van der Waals surface area contributed by atoms with E-state index in [2.05, 4.69) is 15.2 Å². The molecule has 0 fully saturated rings. The van der Waals surface area contributed by atoms with Crippen molar-refractivity contribution in [3.05, 3.63) is 45.2 Å². The van der Waals surface area contributed by atoms with Crippen LogP contribution in [-0.2, 0) is 18.8 Å². The predicted molar refractivity (Wildman–Crippen MR) is 96.5 cm³/mol. The van der Waals surface area contributed by atoms with Gasteiger partial charge in [0.2, 0.25) is 0 Å². The summed E-state index contributed by atoms with van der Waals surface area (Å²) in [4.78, 5) is 4.21. The lowest BCUT2D eigenvalue weighted by Crippen LogP contribution is -2.11. The first-order valence-corrected chi connectivity index (χ1v) is 10.3. The Kier molecular flexibility index (Phi) is 6.01. The number of hydrogen-bond acceptors (Lipinski definition) is 6. The van der Waals surface area contributed by atoms with Crippen LogP contribution < -0.4 is 0 Å². The van der Waals surface area contributed by atoms with Crippen molar-refractivity contribution in [2.45, 2.75) is 35.3 Å². The number of nitrogens with zero attached hydrogens (tertiary/aromatic N) is 3. The second-order valence-corrected chi connectivity index (χ2v) is 9.22. The van der Waals surface area contributed by atoms with Gasteiger partial charge in [-0.1, -0.05) is 18.7 Å². The fourth-order valence-corrected chi connectivity index (χ4v) is 5.20. The summed E-state index contributed by atoms with van der Waals surface area (Å²) in [6.45, 7) is 1.93. The minimum Gasteiger partial charge on any atom is -0.230 e. The molecule has 0 aliphatic carbocycles. The summed E-state index contributed by atoms with van der Waals surface area (Å²) in [6, 6.07) is 1.47. The molecule has 1 unspecified atom stereocenters. The van der Waals surface area contributed by atoms with Gasteiger partial charge in [-0.15, -0.1) is 32.9 Å². The van der Waals surface area contributed by atoms with Crippen molar-refractivity contribution >= 4 is 34.4 Å². The van der Waals surface area contributed by atoms with E-state index < -0.39 is 23.5 Å². The lowest BCUT2D eigenvalue weighted by molar-refractivity contribution is -0.143. The minimum absolute atomic E-state index is 0.0687. The standard InChI is InChI=1S/C16H11F6N3S3/c1-8(2-13-25-23-7-27-13)28-14-24-12(6-26-14)9-3-10(15(17,18)19)5-11(4-9)16(20,21)22/h3-8H,2H2,1H3. The zero-order valence-electron chi connectivity index (χ0n) is 14.0. The van der Waals surface area contributed by atoms with E-state index in [9.17, 15) is 26.3 Å². The Morgan fingerprint density at radius 3 is 2.18 bits per heavy atom. The molecular formula is C16H11F6N3S3. The van der Waals surface area contributed by atoms with Crippen LogP contribution in [0.5, 0.6) is 0 Å². The average molecular weight is 455 g/mol. The maximum Gasteiger partial charge on any atom is 0.416 e. The minimum atomic E-state index is -4.89. The first kappa shape index (κ1) is 21.1. The maximum absolute atomic E-state index is 13.0. The fourth-order valence-electron chi connectivity index (χ4n) is 2.29. The number of thiazole rings is 1. The van der Waals surface area contributed by atoms with Crippen LogP contribution in [0.2, 0.25) is 0 Å². The molecule has 3 rings (SSSR count). The van der Waals surface area contributed by atoms with Gasteiger partial charge in [0.05, 0.1) is 16.8 Å². The van der Waals surface area contributed by atoms with Crippen molar-refractivity contribution in [1.29, 1.82) is 0 Å². The number of halogens is 6. The van der Waals surface area contributed by atoms with Crippen LogP contribution in [0.15, 0.2) is 33.4 Å². The van der Waals surface area contributed by atoms with E-state index in [1.807, 2.05) is 6.92 Å². The van der Waals surface area contributed by atoms with Crippen LogP contribution in [0, 0.1) is 0 Å². The van der Waals surface area contributed by atoms with Crippen molar-refractivity contribution < 1.29 is 26.3 Å². The summed E-state index contributed by atoms with van der Waals surface area (Å²) in [6.07, 6.45) is -9.15. The van der Waals surface area contributed by atoms with E-state index in [1.54, 1.807) is 5.51 Å².